The Morgan fingerprint density at radius 2 is 1.55 bits per heavy atom. The number of para-hydroxylation sites is 1. The molecule has 6 aliphatic rings. The van der Waals surface area contributed by atoms with E-state index < -0.39 is 160 Å². The Morgan fingerprint density at radius 3 is 2.25 bits per heavy atom. The van der Waals surface area contributed by atoms with Gasteiger partial charge >= 0.3 is 18.0 Å². The average Bonchev–Trinajstić information content (AvgIpc) is 1.49. The molecule has 117 heavy (non-hydrogen) atoms. The standard InChI is InChI=1S/C86H104N12O17S2/c1-11-17-62(91-69(102)28-26-54(75(105)106)36-65(99)53-24-21-51(22-25-53)23-27-56-43-87-72-70(90-56)74(104)89-50(7)88-72)66(100)35-49(6)73(103)93-63(18-12-2)67(101)37-55(76(107)108)46-117-116-34-33-115-81(111)95-94-80(110)86(113)78-85(30-32-98-44-48(5)40-84(14-4,77(85)98)79(86)109)59-38-60(68(114-10)39-64(59)96(78)9)82(8)41-52-42-83(112,13-3)47-97(45-52)31-29-58-57-19-15-16-20-61(57)92-71(58)82/h1-2,15-16,19-22,24-25,38-40,43,49,52,54-55,62-63,77-79,92,109,112-113H,13-14,17-18,23,26-37,41-42,44-47H2,3-10H3,(H,91,102)(H,93,103)(H,94,110)(H,95,111)(H,105,106)(H,107,108)(H,87,88,89,104)/t49-,52+,54-,55+,62+,63+,77+,78-,79-,82-,83+,84-,85-,86+/m1/s1. The van der Waals surface area contributed by atoms with E-state index in [0.29, 0.717) is 81.8 Å². The summed E-state index contributed by atoms with van der Waals surface area (Å²) in [6.45, 7) is 14.5. The monoisotopic (exact) mass is 1640 g/mol. The van der Waals surface area contributed by atoms with E-state index in [2.05, 4.69) is 99.2 Å². The van der Waals surface area contributed by atoms with Crippen LogP contribution < -0.4 is 36.7 Å². The number of aromatic amines is 2. The van der Waals surface area contributed by atoms with Gasteiger partial charge in [-0.3, -0.25) is 58.4 Å². The molecular weight excluding hydrogens is 1540 g/mol. The molecule has 1 unspecified atom stereocenters. The number of aromatic nitrogens is 5. The summed E-state index contributed by atoms with van der Waals surface area (Å²) in [4.78, 5) is 160. The molecule has 8 heterocycles. The second-order valence-electron chi connectivity index (χ2n) is 32.8. The Hall–Kier alpha value is -9.99. The fourth-order valence-corrected chi connectivity index (χ4v) is 21.7. The zero-order chi connectivity index (χ0) is 84.2. The average molecular weight is 1640 g/mol. The number of benzene rings is 3. The zero-order valence-corrected chi connectivity index (χ0v) is 68.8. The number of carboxylic acid groups (broad SMARTS) is 2. The number of methoxy groups -OCH3 is 1. The Morgan fingerprint density at radius 1 is 0.829 bits per heavy atom. The highest BCUT2D eigenvalue weighted by atomic mass is 33.1. The first-order valence-electron chi connectivity index (χ1n) is 39.9. The van der Waals surface area contributed by atoms with Gasteiger partial charge in [0.2, 0.25) is 11.8 Å². The number of rotatable bonds is 33. The number of carboxylic acids is 2. The van der Waals surface area contributed by atoms with Crippen molar-refractivity contribution in [3.63, 3.8) is 0 Å². The van der Waals surface area contributed by atoms with Crippen molar-refractivity contribution < 1.29 is 78.2 Å². The molecule has 6 aromatic rings. The van der Waals surface area contributed by atoms with Crippen LogP contribution in [0, 0.1) is 60.7 Å². The lowest BCUT2D eigenvalue weighted by molar-refractivity contribution is -0.204. The topological polar surface area (TPSA) is 418 Å². The van der Waals surface area contributed by atoms with Crippen LogP contribution in [0.4, 0.5) is 10.5 Å². The second-order valence-corrected chi connectivity index (χ2v) is 35.4. The number of hydrogen-bond donors (Lipinski definition) is 11. The normalized spacial score (nSPS) is 25.6. The zero-order valence-electron chi connectivity index (χ0n) is 67.2. The molecule has 1 aliphatic carbocycles. The van der Waals surface area contributed by atoms with Crippen LogP contribution in [0.15, 0.2) is 83.3 Å². The molecule has 5 aliphatic heterocycles. The van der Waals surface area contributed by atoms with Crippen molar-refractivity contribution in [2.75, 3.05) is 69.9 Å². The summed E-state index contributed by atoms with van der Waals surface area (Å²) in [5, 5.41) is 65.5. The third-order valence-corrected chi connectivity index (χ3v) is 27.6. The number of nitrogens with zero attached hydrogens (tertiary/aromatic N) is 6. The number of piperidine rings is 1. The Balaban J connectivity index is 0.623. The van der Waals surface area contributed by atoms with Gasteiger partial charge in [-0.25, -0.2) is 25.2 Å². The maximum Gasteiger partial charge on any atom is 0.426 e. The lowest BCUT2D eigenvalue weighted by Gasteiger charge is -2.63. The fraction of sp³-hybridized carbons (Fsp3) is 0.523. The first kappa shape index (κ1) is 86.4. The van der Waals surface area contributed by atoms with E-state index in [-0.39, 0.29) is 60.0 Å². The fourth-order valence-electron chi connectivity index (χ4n) is 19.6. The molecule has 15 atom stereocenters. The molecule has 11 N–H and O–H groups in total. The van der Waals surface area contributed by atoms with Crippen molar-refractivity contribution in [2.45, 2.75) is 190 Å². The minimum absolute atomic E-state index is 0.0945. The first-order valence-corrected chi connectivity index (χ1v) is 42.4. The maximum absolute atomic E-state index is 15.3. The Kier molecular flexibility index (Phi) is 26.3. The molecule has 0 radical (unpaired) electrons. The molecule has 29 nitrogen and oxygen atoms in total. The van der Waals surface area contributed by atoms with Crippen LogP contribution in [0.2, 0.25) is 0 Å². The molecule has 3 aromatic heterocycles. The number of terminal acetylenes is 2. The van der Waals surface area contributed by atoms with Crippen LogP contribution >= 0.6 is 21.6 Å². The quantitative estimate of drug-likeness (QED) is 0.00505. The largest absolute Gasteiger partial charge is 0.496 e. The number of amides is 4. The molecule has 1 saturated carbocycles. The number of carbonyl (C=O) groups is 9. The minimum atomic E-state index is -2.58. The molecule has 3 aromatic carbocycles. The minimum Gasteiger partial charge on any atom is -0.496 e. The van der Waals surface area contributed by atoms with Gasteiger partial charge in [0, 0.05) is 151 Å². The number of aliphatic carboxylic acids is 2. The summed E-state index contributed by atoms with van der Waals surface area (Å²) in [5.74, 6) is -4.93. The van der Waals surface area contributed by atoms with Gasteiger partial charge in [-0.1, -0.05) is 96.5 Å². The highest BCUT2D eigenvalue weighted by Crippen LogP contribution is 2.68. The van der Waals surface area contributed by atoms with Gasteiger partial charge in [0.25, 0.3) is 11.5 Å². The van der Waals surface area contributed by atoms with Crippen LogP contribution in [-0.2, 0) is 68.4 Å². The van der Waals surface area contributed by atoms with Crippen molar-refractivity contribution in [2.24, 2.45) is 29.1 Å². The van der Waals surface area contributed by atoms with Gasteiger partial charge in [-0.05, 0) is 120 Å². The van der Waals surface area contributed by atoms with Crippen LogP contribution in [-0.4, -0.2) is 220 Å². The SMILES string of the molecule is C#CC[C@H](NC(=O)CC[C@H](CC(=O)c1ccc(CCc2cnc3nc(C)[nH]c(=O)c3n2)cc1)C(=O)O)C(=O)C[C@@H](C)C(=O)N[C@@H](CC#C)C(=O)C[C@@H](CSSCCOC(=O)NNC(=O)[C@@]1(O)[C@H](O)[C@]2(CC)C=C(C)CN3CC[C@@]4(c5cc([C@@]6(C)C[C@@H]7CN(CCc8c6[nH]c6ccccc86)C[C@](O)(CC)C7)c(OC)cc5N(C)[C@@H]14)[C@@H]32)C(=O)O. The molecule has 2 bridgehead atoms. The number of aryl methyl sites for hydroxylation is 3. The summed E-state index contributed by atoms with van der Waals surface area (Å²) in [6.07, 6.45) is 13.7. The van der Waals surface area contributed by atoms with Gasteiger partial charge in [-0.2, -0.15) is 0 Å². The van der Waals surface area contributed by atoms with Crippen molar-refractivity contribution in [1.29, 1.82) is 0 Å². The number of fused-ring (bicyclic) bond motifs is 7. The molecule has 4 amide bonds. The number of ether oxygens (including phenoxy) is 2. The molecule has 1 spiro atoms. The Labute approximate surface area is 686 Å². The van der Waals surface area contributed by atoms with Gasteiger partial charge in [-0.15, -0.1) is 24.7 Å². The number of carbonyl (C=O) groups excluding carboxylic acids is 7. The summed E-state index contributed by atoms with van der Waals surface area (Å²) in [7, 11) is 5.68. The molecular formula is C86H104N12O17S2. The van der Waals surface area contributed by atoms with Crippen molar-refractivity contribution >= 4 is 102 Å². The number of aliphatic hydroxyl groups excluding tert-OH is 1. The van der Waals surface area contributed by atoms with Crippen molar-refractivity contribution in [3.05, 3.63) is 134 Å². The van der Waals surface area contributed by atoms with E-state index in [4.69, 9.17) is 22.3 Å². The van der Waals surface area contributed by atoms with Gasteiger partial charge < -0.3 is 60.5 Å². The third-order valence-electron chi connectivity index (χ3n) is 25.1. The van der Waals surface area contributed by atoms with E-state index in [1.807, 2.05) is 50.9 Å². The number of hydrogen-bond acceptors (Lipinski definition) is 23. The molecule has 31 heteroatoms. The van der Waals surface area contributed by atoms with Gasteiger partial charge in [0.1, 0.15) is 24.3 Å². The van der Waals surface area contributed by atoms with Crippen molar-refractivity contribution in [3.8, 4) is 30.4 Å². The van der Waals surface area contributed by atoms with Crippen LogP contribution in [0.5, 0.6) is 5.75 Å². The lowest BCUT2D eigenvalue weighted by atomic mass is 9.47. The highest BCUT2D eigenvalue weighted by Gasteiger charge is 2.79. The van der Waals surface area contributed by atoms with Crippen molar-refractivity contribution in [1.82, 2.24) is 56.2 Å². The summed E-state index contributed by atoms with van der Waals surface area (Å²) in [6, 6.07) is 15.1. The first-order chi connectivity index (χ1) is 55.8. The third kappa shape index (κ3) is 17.4. The van der Waals surface area contributed by atoms with E-state index in [9.17, 15) is 68.7 Å². The van der Waals surface area contributed by atoms with Gasteiger partial charge in [0.15, 0.2) is 34.1 Å². The van der Waals surface area contributed by atoms with E-state index in [0.717, 1.165) is 85.6 Å². The highest BCUT2D eigenvalue weighted by molar-refractivity contribution is 8.76. The lowest BCUT2D eigenvalue weighted by Crippen LogP contribution is -2.82. The second kappa shape index (κ2) is 35.7. The Bertz CT molecular complexity index is 5040. The number of nitrogens with one attached hydrogen (secondary N) is 6. The molecule has 2 saturated heterocycles. The predicted octanol–water partition coefficient (Wildman–Crippen LogP) is 6.77. The number of H-pyrrole nitrogens is 2. The number of Topliss-reactive ketones (excluding diaryl/α,β-unsaturated/α-hetero) is 3. The van der Waals surface area contributed by atoms with Crippen LogP contribution in [0.1, 0.15) is 161 Å². The predicted molar refractivity (Wildman–Crippen MR) is 441 cm³/mol. The van der Waals surface area contributed by atoms with E-state index >= 15 is 4.79 Å². The van der Waals surface area contributed by atoms with E-state index in [1.165, 1.54) is 12.5 Å². The smallest absolute Gasteiger partial charge is 0.426 e. The molecule has 12 rings (SSSR count). The van der Waals surface area contributed by atoms with E-state index in [1.54, 1.807) is 44.5 Å². The molecule has 3 fully saturated rings. The van der Waals surface area contributed by atoms with Crippen LogP contribution in [0.3, 0.4) is 0 Å². The number of anilines is 1. The summed E-state index contributed by atoms with van der Waals surface area (Å²) >= 11 is 0. The summed E-state index contributed by atoms with van der Waals surface area (Å²) in [5.41, 5.74) is 6.84. The maximum atomic E-state index is 15.3. The number of aliphatic hydroxyl groups is 3. The van der Waals surface area contributed by atoms with Crippen LogP contribution in [0.25, 0.3) is 22.1 Å². The number of hydrazine groups is 1. The molecule has 622 valence electrons. The number of ketones is 3. The number of likely N-dealkylation sites (N-methyl/N-ethyl adjacent to an activating group) is 1. The van der Waals surface area contributed by atoms with Gasteiger partial charge in [0.05, 0.1) is 54.6 Å². The summed E-state index contributed by atoms with van der Waals surface area (Å²) < 4.78 is 11.9.